The monoisotopic (exact) mass is 393 g/mol. The first-order chi connectivity index (χ1) is 13.5. The van der Waals surface area contributed by atoms with E-state index in [1.54, 1.807) is 0 Å². The van der Waals surface area contributed by atoms with Crippen LogP contribution in [0.2, 0.25) is 0 Å². The SMILES string of the molecule is C#C[C@@]1(COC(=O)COCCOC)CC[C@H](n2cnc3c(N)nc(F)nc32)O1. The van der Waals surface area contributed by atoms with E-state index >= 15 is 0 Å². The van der Waals surface area contributed by atoms with E-state index in [-0.39, 0.29) is 36.8 Å². The maximum absolute atomic E-state index is 13.5. The molecule has 0 bridgehead atoms. The standard InChI is InChI=1S/C17H20FN5O5/c1-3-17(9-27-12(24)8-26-7-6-25-2)5-4-11(28-17)23-10-20-13-14(19)21-16(18)22-15(13)23/h1,10-11H,4-9H2,2H3,(H2,19,21,22)/t11-,17+/m1/s1. The van der Waals surface area contributed by atoms with Gasteiger partial charge >= 0.3 is 12.0 Å². The predicted octanol–water partition coefficient (Wildman–Crippen LogP) is 0.435. The van der Waals surface area contributed by atoms with Crippen molar-refractivity contribution in [2.24, 2.45) is 0 Å². The number of nitrogens with two attached hydrogens (primary N) is 1. The number of hydrogen-bond donors (Lipinski definition) is 1. The van der Waals surface area contributed by atoms with E-state index in [2.05, 4.69) is 20.9 Å². The summed E-state index contributed by atoms with van der Waals surface area (Å²) in [6.07, 6.45) is 6.45. The van der Waals surface area contributed by atoms with Crippen molar-refractivity contribution in [3.63, 3.8) is 0 Å². The first kappa shape index (κ1) is 19.9. The minimum absolute atomic E-state index is 0.0649. The maximum Gasteiger partial charge on any atom is 0.332 e. The summed E-state index contributed by atoms with van der Waals surface area (Å²) in [6, 6.07) is 0. The van der Waals surface area contributed by atoms with Crippen LogP contribution in [-0.4, -0.2) is 64.6 Å². The van der Waals surface area contributed by atoms with Gasteiger partial charge in [0.25, 0.3) is 0 Å². The molecule has 2 aromatic heterocycles. The number of nitrogens with zero attached hydrogens (tertiary/aromatic N) is 4. The third kappa shape index (κ3) is 4.19. The van der Waals surface area contributed by atoms with Crippen molar-refractivity contribution in [2.75, 3.05) is 39.3 Å². The van der Waals surface area contributed by atoms with Crippen LogP contribution in [0.25, 0.3) is 11.2 Å². The number of anilines is 1. The Hall–Kier alpha value is -2.81. The number of fused-ring (bicyclic) bond motifs is 1. The lowest BCUT2D eigenvalue weighted by molar-refractivity contribution is -0.157. The summed E-state index contributed by atoms with van der Waals surface area (Å²) in [7, 11) is 1.53. The van der Waals surface area contributed by atoms with E-state index in [1.807, 2.05) is 0 Å². The molecule has 11 heteroatoms. The van der Waals surface area contributed by atoms with Crippen LogP contribution >= 0.6 is 0 Å². The quantitative estimate of drug-likeness (QED) is 0.294. The number of terminal acetylenes is 1. The average molecular weight is 393 g/mol. The highest BCUT2D eigenvalue weighted by Crippen LogP contribution is 2.37. The number of carbonyl (C=O) groups excluding carboxylic acids is 1. The van der Waals surface area contributed by atoms with Crippen LogP contribution in [0.5, 0.6) is 0 Å². The van der Waals surface area contributed by atoms with Gasteiger partial charge in [0, 0.05) is 7.11 Å². The molecule has 0 radical (unpaired) electrons. The lowest BCUT2D eigenvalue weighted by atomic mass is 10.0. The summed E-state index contributed by atoms with van der Waals surface area (Å²) in [5, 5.41) is 0. The number of carbonyl (C=O) groups is 1. The predicted molar refractivity (Wildman–Crippen MR) is 94.3 cm³/mol. The molecule has 3 heterocycles. The molecule has 0 amide bonds. The number of ether oxygens (including phenoxy) is 4. The number of nitrogen functional groups attached to an aromatic ring is 1. The number of rotatable bonds is 8. The zero-order valence-electron chi connectivity index (χ0n) is 15.3. The van der Waals surface area contributed by atoms with E-state index in [4.69, 9.17) is 31.1 Å². The van der Waals surface area contributed by atoms with E-state index in [9.17, 15) is 9.18 Å². The van der Waals surface area contributed by atoms with Gasteiger partial charge in [0.15, 0.2) is 22.6 Å². The highest BCUT2D eigenvalue weighted by molar-refractivity contribution is 5.81. The summed E-state index contributed by atoms with van der Waals surface area (Å²) in [5.41, 5.74) is 5.03. The molecular weight excluding hydrogens is 373 g/mol. The van der Waals surface area contributed by atoms with E-state index in [0.29, 0.717) is 19.4 Å². The molecule has 10 nitrogen and oxygen atoms in total. The maximum atomic E-state index is 13.5. The van der Waals surface area contributed by atoms with Gasteiger partial charge < -0.3 is 24.7 Å². The minimum atomic E-state index is -1.11. The first-order valence-electron chi connectivity index (χ1n) is 8.51. The van der Waals surface area contributed by atoms with Crippen LogP contribution in [0.3, 0.4) is 0 Å². The highest BCUT2D eigenvalue weighted by atomic mass is 19.1. The molecule has 0 aliphatic carbocycles. The van der Waals surface area contributed by atoms with Crippen molar-refractivity contribution in [1.82, 2.24) is 19.5 Å². The number of esters is 1. The Balaban J connectivity index is 1.64. The minimum Gasteiger partial charge on any atom is -0.460 e. The summed E-state index contributed by atoms with van der Waals surface area (Å²) >= 11 is 0. The molecule has 28 heavy (non-hydrogen) atoms. The lowest BCUT2D eigenvalue weighted by Crippen LogP contribution is -2.34. The molecule has 1 aliphatic rings. The third-order valence-corrected chi connectivity index (χ3v) is 4.27. The van der Waals surface area contributed by atoms with Gasteiger partial charge in [-0.2, -0.15) is 14.4 Å². The second-order valence-corrected chi connectivity index (χ2v) is 6.16. The second kappa shape index (κ2) is 8.47. The summed E-state index contributed by atoms with van der Waals surface area (Å²) in [5.74, 6) is 1.92. The molecule has 0 unspecified atom stereocenters. The Kier molecular flexibility index (Phi) is 6.03. The number of imidazole rings is 1. The molecule has 3 rings (SSSR count). The fourth-order valence-electron chi connectivity index (χ4n) is 2.84. The van der Waals surface area contributed by atoms with Gasteiger partial charge in [0.2, 0.25) is 0 Å². The molecule has 2 atom stereocenters. The van der Waals surface area contributed by atoms with Crippen LogP contribution in [-0.2, 0) is 23.7 Å². The molecule has 1 fully saturated rings. The largest absolute Gasteiger partial charge is 0.460 e. The molecule has 1 saturated heterocycles. The lowest BCUT2D eigenvalue weighted by Gasteiger charge is -2.23. The molecular formula is C17H20FN5O5. The van der Waals surface area contributed by atoms with E-state index < -0.39 is 23.9 Å². The van der Waals surface area contributed by atoms with Crippen LogP contribution < -0.4 is 5.73 Å². The van der Waals surface area contributed by atoms with Gasteiger partial charge in [-0.25, -0.2) is 9.78 Å². The highest BCUT2D eigenvalue weighted by Gasteiger charge is 2.41. The Morgan fingerprint density at radius 2 is 2.36 bits per heavy atom. The summed E-state index contributed by atoms with van der Waals surface area (Å²) in [4.78, 5) is 23.1. The van der Waals surface area contributed by atoms with Crippen molar-refractivity contribution in [3.05, 3.63) is 12.4 Å². The number of aromatic nitrogens is 4. The molecule has 150 valence electrons. The van der Waals surface area contributed by atoms with Gasteiger partial charge in [0.05, 0.1) is 19.5 Å². The Bertz CT molecular complexity index is 898. The Morgan fingerprint density at radius 3 is 3.11 bits per heavy atom. The summed E-state index contributed by atoms with van der Waals surface area (Å²) in [6.45, 7) is 0.305. The fourth-order valence-corrected chi connectivity index (χ4v) is 2.84. The Labute approximate surface area is 160 Å². The average Bonchev–Trinajstić information content (AvgIpc) is 3.28. The zero-order valence-corrected chi connectivity index (χ0v) is 15.3. The van der Waals surface area contributed by atoms with Crippen molar-refractivity contribution in [1.29, 1.82) is 0 Å². The van der Waals surface area contributed by atoms with Crippen molar-refractivity contribution < 1.29 is 28.1 Å². The molecule has 0 spiro atoms. The number of halogens is 1. The van der Waals surface area contributed by atoms with Crippen LogP contribution in [0, 0.1) is 18.4 Å². The third-order valence-electron chi connectivity index (χ3n) is 4.27. The molecule has 2 N–H and O–H groups in total. The van der Waals surface area contributed by atoms with Crippen LogP contribution in [0.4, 0.5) is 10.2 Å². The van der Waals surface area contributed by atoms with E-state index in [0.717, 1.165) is 0 Å². The fraction of sp³-hybridized carbons (Fsp3) is 0.529. The molecule has 2 aromatic rings. The van der Waals surface area contributed by atoms with E-state index in [1.165, 1.54) is 18.0 Å². The topological polar surface area (TPSA) is 124 Å². The first-order valence-corrected chi connectivity index (χ1v) is 8.51. The summed E-state index contributed by atoms with van der Waals surface area (Å²) < 4.78 is 36.1. The van der Waals surface area contributed by atoms with Crippen LogP contribution in [0.1, 0.15) is 19.1 Å². The molecule has 1 aliphatic heterocycles. The normalized spacial score (nSPS) is 21.7. The smallest absolute Gasteiger partial charge is 0.332 e. The van der Waals surface area contributed by atoms with Gasteiger partial charge in [-0.15, -0.1) is 6.42 Å². The van der Waals surface area contributed by atoms with Gasteiger partial charge in [-0.3, -0.25) is 4.57 Å². The van der Waals surface area contributed by atoms with Gasteiger partial charge in [0.1, 0.15) is 19.4 Å². The van der Waals surface area contributed by atoms with Crippen molar-refractivity contribution in [2.45, 2.75) is 24.7 Å². The van der Waals surface area contributed by atoms with Crippen molar-refractivity contribution in [3.8, 4) is 12.3 Å². The second-order valence-electron chi connectivity index (χ2n) is 6.16. The Morgan fingerprint density at radius 1 is 1.54 bits per heavy atom. The van der Waals surface area contributed by atoms with Crippen LogP contribution in [0.15, 0.2) is 6.33 Å². The zero-order chi connectivity index (χ0) is 20.1. The molecule has 0 aromatic carbocycles. The number of methoxy groups -OCH3 is 1. The number of hydrogen-bond acceptors (Lipinski definition) is 9. The molecule has 0 saturated carbocycles. The van der Waals surface area contributed by atoms with Gasteiger partial charge in [-0.05, 0) is 12.8 Å². The van der Waals surface area contributed by atoms with Crippen molar-refractivity contribution >= 4 is 23.0 Å². The van der Waals surface area contributed by atoms with Gasteiger partial charge in [-0.1, -0.05) is 5.92 Å².